The number of benzene rings is 2. The lowest BCUT2D eigenvalue weighted by Gasteiger charge is -2.22. The Morgan fingerprint density at radius 2 is 1.72 bits per heavy atom. The molecule has 0 aliphatic carbocycles. The minimum Gasteiger partial charge on any atom is -0.364 e. The van der Waals surface area contributed by atoms with Crippen LogP contribution >= 0.6 is 11.3 Å². The van der Waals surface area contributed by atoms with Crippen molar-refractivity contribution in [3.8, 4) is 11.3 Å². The van der Waals surface area contributed by atoms with Gasteiger partial charge in [0.15, 0.2) is 5.82 Å². The minimum absolute atomic E-state index is 0.0535. The number of carbonyl (C=O) groups excluding carboxylic acids is 1. The molecule has 32 heavy (non-hydrogen) atoms. The molecule has 8 heteroatoms. The maximum absolute atomic E-state index is 12.4. The molecule has 0 fully saturated rings. The van der Waals surface area contributed by atoms with Crippen LogP contribution in [0.5, 0.6) is 0 Å². The Labute approximate surface area is 192 Å². The second-order valence-corrected chi connectivity index (χ2v) is 9.68. The highest BCUT2D eigenvalue weighted by atomic mass is 32.1. The van der Waals surface area contributed by atoms with Crippen molar-refractivity contribution in [2.75, 3.05) is 23.8 Å². The molecule has 166 valence electrons. The number of likely N-dealkylation sites (N-methyl/N-ethyl adjacent to an activating group) is 1. The fourth-order valence-corrected chi connectivity index (χ4v) is 4.15. The molecule has 0 aliphatic rings. The van der Waals surface area contributed by atoms with Crippen LogP contribution in [-0.4, -0.2) is 39.6 Å². The second-order valence-electron chi connectivity index (χ2n) is 8.75. The lowest BCUT2D eigenvalue weighted by molar-refractivity contribution is -0.119. The topological polar surface area (TPSA) is 74.6 Å². The third kappa shape index (κ3) is 5.08. The van der Waals surface area contributed by atoms with E-state index in [0.717, 1.165) is 32.7 Å². The maximum Gasteiger partial charge on any atom is 0.239 e. The Kier molecular flexibility index (Phi) is 6.14. The van der Waals surface area contributed by atoms with E-state index in [9.17, 15) is 4.79 Å². The van der Waals surface area contributed by atoms with Crippen molar-refractivity contribution in [3.05, 3.63) is 66.2 Å². The largest absolute Gasteiger partial charge is 0.364 e. The van der Waals surface area contributed by atoms with Crippen molar-refractivity contribution < 1.29 is 4.79 Å². The molecule has 0 unspecified atom stereocenters. The summed E-state index contributed by atoms with van der Waals surface area (Å²) < 4.78 is 1.84. The van der Waals surface area contributed by atoms with Crippen LogP contribution in [0.4, 0.5) is 10.9 Å². The molecule has 0 saturated carbocycles. The summed E-state index contributed by atoms with van der Waals surface area (Å²) in [6.07, 6.45) is 0. The van der Waals surface area contributed by atoms with E-state index < -0.39 is 0 Å². The minimum atomic E-state index is -0.160. The Hall–Kier alpha value is -3.39. The molecule has 0 bridgehead atoms. The van der Waals surface area contributed by atoms with Gasteiger partial charge >= 0.3 is 0 Å². The van der Waals surface area contributed by atoms with Crippen molar-refractivity contribution in [1.29, 1.82) is 0 Å². The van der Waals surface area contributed by atoms with E-state index in [2.05, 4.69) is 31.4 Å². The van der Waals surface area contributed by atoms with Gasteiger partial charge in [0.25, 0.3) is 0 Å². The van der Waals surface area contributed by atoms with Gasteiger partial charge in [0.2, 0.25) is 16.0 Å². The van der Waals surface area contributed by atoms with Crippen molar-refractivity contribution in [3.63, 3.8) is 0 Å². The fourth-order valence-electron chi connectivity index (χ4n) is 3.29. The molecule has 7 nitrogen and oxygen atoms in total. The van der Waals surface area contributed by atoms with Gasteiger partial charge in [0.1, 0.15) is 5.69 Å². The third-order valence-corrected chi connectivity index (χ3v) is 5.80. The normalized spacial score (nSPS) is 11.5. The standard InChI is InChI=1S/C24H28N6OS/c1-24(2,3)27-21-20(18-13-9-6-10-14-18)26-22-30(21)28-23(32-22)29(4)16-19(31)25-15-17-11-7-5-8-12-17/h5-14,27H,15-16H2,1-4H3,(H,25,31). The highest BCUT2D eigenvalue weighted by molar-refractivity contribution is 7.20. The first kappa shape index (κ1) is 21.8. The lowest BCUT2D eigenvalue weighted by Crippen LogP contribution is -2.34. The van der Waals surface area contributed by atoms with Crippen molar-refractivity contribution in [2.45, 2.75) is 32.9 Å². The zero-order chi connectivity index (χ0) is 22.7. The van der Waals surface area contributed by atoms with E-state index in [0.29, 0.717) is 6.54 Å². The molecule has 2 aromatic carbocycles. The van der Waals surface area contributed by atoms with Gasteiger partial charge in [-0.25, -0.2) is 4.98 Å². The highest BCUT2D eigenvalue weighted by Crippen LogP contribution is 2.34. The van der Waals surface area contributed by atoms with E-state index in [-0.39, 0.29) is 18.0 Å². The van der Waals surface area contributed by atoms with Crippen LogP contribution in [-0.2, 0) is 11.3 Å². The lowest BCUT2D eigenvalue weighted by atomic mass is 10.1. The van der Waals surface area contributed by atoms with E-state index in [1.165, 1.54) is 11.3 Å². The van der Waals surface area contributed by atoms with Crippen LogP contribution < -0.4 is 15.5 Å². The van der Waals surface area contributed by atoms with Gasteiger partial charge in [-0.05, 0) is 26.3 Å². The summed E-state index contributed by atoms with van der Waals surface area (Å²) in [5.74, 6) is 0.797. The number of fused-ring (bicyclic) bond motifs is 1. The predicted molar refractivity (Wildman–Crippen MR) is 131 cm³/mol. The molecular formula is C24H28N6OS. The van der Waals surface area contributed by atoms with Crippen molar-refractivity contribution >= 4 is 33.2 Å². The van der Waals surface area contributed by atoms with Gasteiger partial charge in [-0.15, -0.1) is 5.10 Å². The number of carbonyl (C=O) groups is 1. The Balaban J connectivity index is 1.54. The number of anilines is 2. The second kappa shape index (κ2) is 9.00. The molecule has 2 aromatic heterocycles. The summed E-state index contributed by atoms with van der Waals surface area (Å²) in [5.41, 5.74) is 2.82. The zero-order valence-electron chi connectivity index (χ0n) is 18.8. The van der Waals surface area contributed by atoms with E-state index in [1.807, 2.05) is 77.1 Å². The number of hydrogen-bond donors (Lipinski definition) is 2. The molecular weight excluding hydrogens is 420 g/mol. The molecule has 1 amide bonds. The van der Waals surface area contributed by atoms with Gasteiger partial charge in [-0.1, -0.05) is 72.0 Å². The molecule has 4 aromatic rings. The quantitative estimate of drug-likeness (QED) is 0.438. The molecule has 2 heterocycles. The third-order valence-electron chi connectivity index (χ3n) is 4.77. The first-order valence-electron chi connectivity index (χ1n) is 10.5. The molecule has 0 radical (unpaired) electrons. The van der Waals surface area contributed by atoms with Crippen LogP contribution in [0.3, 0.4) is 0 Å². The van der Waals surface area contributed by atoms with Crippen LogP contribution in [0.25, 0.3) is 16.2 Å². The summed E-state index contributed by atoms with van der Waals surface area (Å²) in [6.45, 7) is 7.05. The summed E-state index contributed by atoms with van der Waals surface area (Å²) in [7, 11) is 1.87. The average Bonchev–Trinajstić information content (AvgIpc) is 3.32. The van der Waals surface area contributed by atoms with Gasteiger partial charge < -0.3 is 15.5 Å². The number of imidazole rings is 1. The Morgan fingerprint density at radius 1 is 1.06 bits per heavy atom. The number of nitrogens with zero attached hydrogens (tertiary/aromatic N) is 4. The summed E-state index contributed by atoms with van der Waals surface area (Å²) in [6, 6.07) is 20.0. The van der Waals surface area contributed by atoms with Gasteiger partial charge in [-0.2, -0.15) is 4.52 Å². The van der Waals surface area contributed by atoms with Crippen LogP contribution in [0.1, 0.15) is 26.3 Å². The smallest absolute Gasteiger partial charge is 0.239 e. The average molecular weight is 449 g/mol. The predicted octanol–water partition coefficient (Wildman–Crippen LogP) is 4.42. The van der Waals surface area contributed by atoms with E-state index >= 15 is 0 Å². The molecule has 0 atom stereocenters. The summed E-state index contributed by atoms with van der Waals surface area (Å²) in [4.78, 5) is 19.9. The van der Waals surface area contributed by atoms with Crippen molar-refractivity contribution in [1.82, 2.24) is 19.9 Å². The number of rotatable bonds is 7. The fraction of sp³-hybridized carbons (Fsp3) is 0.292. The number of nitrogens with one attached hydrogen (secondary N) is 2. The van der Waals surface area contributed by atoms with E-state index in [4.69, 9.17) is 10.1 Å². The molecule has 2 N–H and O–H groups in total. The Bertz CT molecular complexity index is 1190. The van der Waals surface area contributed by atoms with E-state index in [1.54, 1.807) is 0 Å². The summed E-state index contributed by atoms with van der Waals surface area (Å²) >= 11 is 1.46. The zero-order valence-corrected chi connectivity index (χ0v) is 19.6. The SMILES string of the molecule is CN(CC(=O)NCc1ccccc1)c1nn2c(NC(C)(C)C)c(-c3ccccc3)nc2s1. The molecule has 0 saturated heterocycles. The highest BCUT2D eigenvalue weighted by Gasteiger charge is 2.23. The number of aromatic nitrogens is 3. The van der Waals surface area contributed by atoms with Crippen LogP contribution in [0, 0.1) is 0 Å². The molecule has 0 aliphatic heterocycles. The van der Waals surface area contributed by atoms with Gasteiger partial charge in [0.05, 0.1) is 6.54 Å². The first-order valence-corrected chi connectivity index (χ1v) is 11.4. The number of hydrogen-bond acceptors (Lipinski definition) is 6. The van der Waals surface area contributed by atoms with Crippen LogP contribution in [0.2, 0.25) is 0 Å². The van der Waals surface area contributed by atoms with Gasteiger partial charge in [-0.3, -0.25) is 4.79 Å². The first-order chi connectivity index (χ1) is 15.3. The number of amides is 1. The maximum atomic E-state index is 12.4. The van der Waals surface area contributed by atoms with Crippen molar-refractivity contribution in [2.24, 2.45) is 0 Å². The van der Waals surface area contributed by atoms with Crippen LogP contribution in [0.15, 0.2) is 60.7 Å². The molecule has 0 spiro atoms. The Morgan fingerprint density at radius 3 is 2.38 bits per heavy atom. The summed E-state index contributed by atoms with van der Waals surface area (Å²) in [5, 5.41) is 12.0. The van der Waals surface area contributed by atoms with Gasteiger partial charge in [0, 0.05) is 24.7 Å². The molecule has 4 rings (SSSR count). The monoisotopic (exact) mass is 448 g/mol.